The van der Waals surface area contributed by atoms with Crippen LogP contribution in [-0.2, 0) is 9.59 Å². The Balaban J connectivity index is 1.49. The molecule has 0 bridgehead atoms. The molecule has 1 atom stereocenters. The fourth-order valence-corrected chi connectivity index (χ4v) is 5.27. The molecule has 0 radical (unpaired) electrons. The van der Waals surface area contributed by atoms with Crippen LogP contribution in [0, 0.1) is 0 Å². The molecule has 0 saturated carbocycles. The SMILES string of the molecule is COc1cccc(/C=C(\NC(=O)c2ccccc2)C(=O)Nc2cccc(SC(C)C(=O)Nc3cc(Cl)cc(Cl)c3)c2)c1. The van der Waals surface area contributed by atoms with Gasteiger partial charge in [0.1, 0.15) is 11.4 Å². The molecule has 0 saturated heterocycles. The van der Waals surface area contributed by atoms with E-state index in [4.69, 9.17) is 27.9 Å². The number of anilines is 2. The number of carbonyl (C=O) groups is 3. The molecule has 0 fully saturated rings. The third-order valence-corrected chi connectivity index (χ3v) is 7.37. The second kappa shape index (κ2) is 14.6. The van der Waals surface area contributed by atoms with Crippen LogP contribution < -0.4 is 20.7 Å². The van der Waals surface area contributed by atoms with Crippen molar-refractivity contribution in [2.24, 2.45) is 0 Å². The van der Waals surface area contributed by atoms with Crippen LogP contribution in [0.3, 0.4) is 0 Å². The van der Waals surface area contributed by atoms with Crippen LogP contribution >= 0.6 is 35.0 Å². The highest BCUT2D eigenvalue weighted by Gasteiger charge is 2.18. The second-order valence-electron chi connectivity index (χ2n) is 9.04. The van der Waals surface area contributed by atoms with Crippen molar-refractivity contribution in [3.8, 4) is 5.75 Å². The minimum atomic E-state index is -0.520. The van der Waals surface area contributed by atoms with E-state index in [1.54, 1.807) is 111 Å². The van der Waals surface area contributed by atoms with Gasteiger partial charge in [-0.2, -0.15) is 0 Å². The highest BCUT2D eigenvalue weighted by molar-refractivity contribution is 8.00. The number of thioether (sulfide) groups is 1. The summed E-state index contributed by atoms with van der Waals surface area (Å²) in [5.41, 5.74) is 2.11. The molecular formula is C32H27Cl2N3O4S. The van der Waals surface area contributed by atoms with E-state index in [0.29, 0.717) is 38.3 Å². The first kappa shape index (κ1) is 30.7. The minimum Gasteiger partial charge on any atom is -0.497 e. The maximum atomic E-state index is 13.4. The third-order valence-electron chi connectivity index (χ3n) is 5.84. The summed E-state index contributed by atoms with van der Waals surface area (Å²) in [6, 6.07) is 27.7. The van der Waals surface area contributed by atoms with Crippen LogP contribution in [-0.4, -0.2) is 30.1 Å². The molecule has 42 heavy (non-hydrogen) atoms. The molecule has 0 spiro atoms. The van der Waals surface area contributed by atoms with E-state index < -0.39 is 17.1 Å². The van der Waals surface area contributed by atoms with Crippen molar-refractivity contribution in [3.05, 3.63) is 124 Å². The van der Waals surface area contributed by atoms with Crippen molar-refractivity contribution >= 4 is 70.1 Å². The van der Waals surface area contributed by atoms with Gasteiger partial charge in [0.2, 0.25) is 5.91 Å². The van der Waals surface area contributed by atoms with Gasteiger partial charge in [0, 0.05) is 31.9 Å². The van der Waals surface area contributed by atoms with Crippen molar-refractivity contribution in [2.45, 2.75) is 17.1 Å². The normalized spacial score (nSPS) is 11.8. The molecule has 0 aliphatic rings. The lowest BCUT2D eigenvalue weighted by Crippen LogP contribution is -2.30. The summed E-state index contributed by atoms with van der Waals surface area (Å²) in [5, 5.41) is 8.75. The number of nitrogens with one attached hydrogen (secondary N) is 3. The molecule has 3 amide bonds. The van der Waals surface area contributed by atoms with E-state index >= 15 is 0 Å². The molecule has 0 aliphatic heterocycles. The Labute approximate surface area is 258 Å². The zero-order chi connectivity index (χ0) is 30.1. The van der Waals surface area contributed by atoms with Gasteiger partial charge < -0.3 is 20.7 Å². The monoisotopic (exact) mass is 619 g/mol. The Kier molecular flexibility index (Phi) is 10.7. The van der Waals surface area contributed by atoms with Gasteiger partial charge >= 0.3 is 0 Å². The molecule has 3 N–H and O–H groups in total. The number of amides is 3. The van der Waals surface area contributed by atoms with Crippen molar-refractivity contribution in [1.82, 2.24) is 5.32 Å². The van der Waals surface area contributed by atoms with Crippen molar-refractivity contribution in [2.75, 3.05) is 17.7 Å². The molecule has 7 nitrogen and oxygen atoms in total. The molecule has 10 heteroatoms. The summed E-state index contributed by atoms with van der Waals surface area (Å²) in [5.74, 6) is -0.572. The Bertz CT molecular complexity index is 1610. The van der Waals surface area contributed by atoms with Crippen LogP contribution in [0.25, 0.3) is 6.08 Å². The van der Waals surface area contributed by atoms with Gasteiger partial charge in [0.25, 0.3) is 11.8 Å². The smallest absolute Gasteiger partial charge is 0.272 e. The number of methoxy groups -OCH3 is 1. The number of halogens is 2. The van der Waals surface area contributed by atoms with Gasteiger partial charge in [-0.25, -0.2) is 0 Å². The van der Waals surface area contributed by atoms with E-state index in [2.05, 4.69) is 16.0 Å². The number of hydrogen-bond acceptors (Lipinski definition) is 5. The molecule has 4 aromatic carbocycles. The van der Waals surface area contributed by atoms with Crippen LogP contribution in [0.15, 0.2) is 108 Å². The first-order chi connectivity index (χ1) is 20.2. The zero-order valence-corrected chi connectivity index (χ0v) is 25.0. The van der Waals surface area contributed by atoms with Crippen LogP contribution in [0.4, 0.5) is 11.4 Å². The standard InChI is InChI=1S/C32H27Cl2N3O4S/c1-20(30(38)36-26-17-23(33)16-24(34)18-26)42-28-13-7-11-25(19-28)35-32(40)29(15-21-8-6-12-27(14-21)41-2)37-31(39)22-9-4-3-5-10-22/h3-20H,1-2H3,(H,35,40)(H,36,38)(H,37,39)/b29-15-. The fraction of sp³-hybridized carbons (Fsp3) is 0.0938. The average Bonchev–Trinajstić information content (AvgIpc) is 2.97. The predicted molar refractivity (Wildman–Crippen MR) is 170 cm³/mol. The lowest BCUT2D eigenvalue weighted by molar-refractivity contribution is -0.115. The lowest BCUT2D eigenvalue weighted by Gasteiger charge is -2.14. The molecule has 4 aromatic rings. The van der Waals surface area contributed by atoms with Crippen molar-refractivity contribution in [3.63, 3.8) is 0 Å². The summed E-state index contributed by atoms with van der Waals surface area (Å²) in [4.78, 5) is 39.9. The molecule has 4 rings (SSSR count). The number of carbonyl (C=O) groups excluding carboxylic acids is 3. The molecule has 0 heterocycles. The zero-order valence-electron chi connectivity index (χ0n) is 22.7. The maximum absolute atomic E-state index is 13.4. The predicted octanol–water partition coefficient (Wildman–Crippen LogP) is 7.53. The van der Waals surface area contributed by atoms with E-state index in [0.717, 1.165) is 4.90 Å². The third kappa shape index (κ3) is 8.88. The van der Waals surface area contributed by atoms with Gasteiger partial charge in [-0.15, -0.1) is 11.8 Å². The lowest BCUT2D eigenvalue weighted by atomic mass is 10.1. The van der Waals surface area contributed by atoms with Gasteiger partial charge in [-0.1, -0.05) is 59.6 Å². The van der Waals surface area contributed by atoms with E-state index in [9.17, 15) is 14.4 Å². The van der Waals surface area contributed by atoms with Gasteiger partial charge in [-0.05, 0) is 79.2 Å². The van der Waals surface area contributed by atoms with Crippen molar-refractivity contribution < 1.29 is 19.1 Å². The van der Waals surface area contributed by atoms with Crippen LogP contribution in [0.2, 0.25) is 10.0 Å². The number of ether oxygens (including phenoxy) is 1. The summed E-state index contributed by atoms with van der Waals surface area (Å²) in [6.07, 6.45) is 1.58. The van der Waals surface area contributed by atoms with E-state index in [-0.39, 0.29) is 11.6 Å². The topological polar surface area (TPSA) is 96.5 Å². The number of hydrogen-bond donors (Lipinski definition) is 3. The summed E-state index contributed by atoms with van der Waals surface area (Å²) < 4.78 is 5.29. The number of benzene rings is 4. The van der Waals surface area contributed by atoms with E-state index in [1.165, 1.54) is 11.8 Å². The summed E-state index contributed by atoms with van der Waals surface area (Å²) >= 11 is 13.4. The fourth-order valence-electron chi connectivity index (χ4n) is 3.81. The van der Waals surface area contributed by atoms with Gasteiger partial charge in [0.15, 0.2) is 0 Å². The first-order valence-electron chi connectivity index (χ1n) is 12.8. The Morgan fingerprint density at radius 1 is 0.810 bits per heavy atom. The Morgan fingerprint density at radius 2 is 1.52 bits per heavy atom. The maximum Gasteiger partial charge on any atom is 0.272 e. The minimum absolute atomic E-state index is 0.0445. The number of rotatable bonds is 10. The highest BCUT2D eigenvalue weighted by Crippen LogP contribution is 2.28. The Hall–Kier alpha value is -4.24. The summed E-state index contributed by atoms with van der Waals surface area (Å²) in [6.45, 7) is 1.77. The first-order valence-corrected chi connectivity index (χ1v) is 14.4. The molecule has 214 valence electrons. The van der Waals surface area contributed by atoms with Crippen molar-refractivity contribution in [1.29, 1.82) is 0 Å². The van der Waals surface area contributed by atoms with Gasteiger partial charge in [-0.3, -0.25) is 14.4 Å². The molecular weight excluding hydrogens is 593 g/mol. The molecule has 0 aromatic heterocycles. The van der Waals surface area contributed by atoms with E-state index in [1.807, 2.05) is 6.07 Å². The second-order valence-corrected chi connectivity index (χ2v) is 11.3. The quantitative estimate of drug-likeness (QED) is 0.126. The van der Waals surface area contributed by atoms with Gasteiger partial charge in [0.05, 0.1) is 12.4 Å². The molecule has 0 aliphatic carbocycles. The summed E-state index contributed by atoms with van der Waals surface area (Å²) in [7, 11) is 1.55. The Morgan fingerprint density at radius 3 is 2.24 bits per heavy atom. The highest BCUT2D eigenvalue weighted by atomic mass is 35.5. The molecule has 1 unspecified atom stereocenters. The average molecular weight is 621 g/mol. The largest absolute Gasteiger partial charge is 0.497 e. The van der Waals surface area contributed by atoms with Crippen LogP contribution in [0.5, 0.6) is 5.75 Å². The van der Waals surface area contributed by atoms with Crippen LogP contribution in [0.1, 0.15) is 22.8 Å².